The van der Waals surface area contributed by atoms with Gasteiger partial charge >= 0.3 is 0 Å². The highest BCUT2D eigenvalue weighted by atomic mass is 79.9. The molecule has 0 fully saturated rings. The lowest BCUT2D eigenvalue weighted by atomic mass is 10.1. The standard InChI is InChI=1S/C15H10BrNO2/c1-9(18)10-2-4-11(5-3-10)15-17-13-8-12(16)6-7-14(13)19-15/h2-8H,1H3. The summed E-state index contributed by atoms with van der Waals surface area (Å²) < 4.78 is 6.66. The zero-order chi connectivity index (χ0) is 13.4. The van der Waals surface area contributed by atoms with Crippen LogP contribution in [0, 0.1) is 0 Å². The van der Waals surface area contributed by atoms with Crippen LogP contribution >= 0.6 is 15.9 Å². The molecule has 19 heavy (non-hydrogen) atoms. The molecule has 1 heterocycles. The van der Waals surface area contributed by atoms with Gasteiger partial charge in [0.15, 0.2) is 11.4 Å². The highest BCUT2D eigenvalue weighted by Gasteiger charge is 2.09. The molecule has 0 radical (unpaired) electrons. The zero-order valence-corrected chi connectivity index (χ0v) is 11.8. The topological polar surface area (TPSA) is 43.1 Å². The maximum Gasteiger partial charge on any atom is 0.227 e. The van der Waals surface area contributed by atoms with E-state index in [1.54, 1.807) is 19.1 Å². The number of carbonyl (C=O) groups excluding carboxylic acids is 1. The van der Waals surface area contributed by atoms with Crippen molar-refractivity contribution in [2.75, 3.05) is 0 Å². The van der Waals surface area contributed by atoms with Crippen LogP contribution in [0.25, 0.3) is 22.6 Å². The summed E-state index contributed by atoms with van der Waals surface area (Å²) in [6, 6.07) is 12.9. The van der Waals surface area contributed by atoms with Crippen LogP contribution in [0.3, 0.4) is 0 Å². The number of ketones is 1. The molecule has 0 aliphatic rings. The van der Waals surface area contributed by atoms with Gasteiger partial charge in [0.2, 0.25) is 5.89 Å². The van der Waals surface area contributed by atoms with Gasteiger partial charge in [0.25, 0.3) is 0 Å². The van der Waals surface area contributed by atoms with Gasteiger partial charge in [-0.1, -0.05) is 28.1 Å². The molecule has 3 aromatic rings. The summed E-state index contributed by atoms with van der Waals surface area (Å²) in [5.74, 6) is 0.608. The van der Waals surface area contributed by atoms with Crippen molar-refractivity contribution in [2.45, 2.75) is 6.92 Å². The van der Waals surface area contributed by atoms with E-state index >= 15 is 0 Å². The summed E-state index contributed by atoms with van der Waals surface area (Å²) in [5.41, 5.74) is 3.09. The van der Waals surface area contributed by atoms with Crippen LogP contribution in [0.15, 0.2) is 51.4 Å². The zero-order valence-electron chi connectivity index (χ0n) is 10.2. The average molecular weight is 316 g/mol. The molecule has 94 valence electrons. The Kier molecular flexibility index (Phi) is 2.95. The molecule has 0 unspecified atom stereocenters. The number of aromatic nitrogens is 1. The predicted molar refractivity (Wildman–Crippen MR) is 77.1 cm³/mol. The molecule has 2 aromatic carbocycles. The molecule has 3 rings (SSSR count). The van der Waals surface area contributed by atoms with E-state index < -0.39 is 0 Å². The summed E-state index contributed by atoms with van der Waals surface area (Å²) in [6.07, 6.45) is 0. The van der Waals surface area contributed by atoms with Gasteiger partial charge in [0, 0.05) is 15.6 Å². The van der Waals surface area contributed by atoms with E-state index in [0.29, 0.717) is 11.5 Å². The summed E-state index contributed by atoms with van der Waals surface area (Å²) in [4.78, 5) is 15.7. The predicted octanol–water partition coefficient (Wildman–Crippen LogP) is 4.46. The van der Waals surface area contributed by atoms with Gasteiger partial charge < -0.3 is 4.42 Å². The van der Waals surface area contributed by atoms with Crippen molar-refractivity contribution in [2.24, 2.45) is 0 Å². The maximum absolute atomic E-state index is 11.2. The number of fused-ring (bicyclic) bond motifs is 1. The number of oxazole rings is 1. The Morgan fingerprint density at radius 3 is 2.58 bits per heavy atom. The number of Topliss-reactive ketones (excluding diaryl/α,β-unsaturated/α-hetero) is 1. The summed E-state index contributed by atoms with van der Waals surface area (Å²) in [7, 11) is 0. The van der Waals surface area contributed by atoms with Crippen molar-refractivity contribution in [3.63, 3.8) is 0 Å². The van der Waals surface area contributed by atoms with Gasteiger partial charge in [0.1, 0.15) is 5.52 Å². The van der Waals surface area contributed by atoms with Gasteiger partial charge in [-0.25, -0.2) is 4.98 Å². The Labute approximate surface area is 118 Å². The first-order valence-corrected chi connectivity index (χ1v) is 6.60. The molecule has 0 saturated carbocycles. The second-order valence-corrected chi connectivity index (χ2v) is 5.18. The average Bonchev–Trinajstić information content (AvgIpc) is 2.81. The van der Waals surface area contributed by atoms with E-state index in [1.807, 2.05) is 30.3 Å². The van der Waals surface area contributed by atoms with Crippen LogP contribution in [0.5, 0.6) is 0 Å². The van der Waals surface area contributed by atoms with Crippen molar-refractivity contribution in [3.05, 3.63) is 52.5 Å². The highest BCUT2D eigenvalue weighted by molar-refractivity contribution is 9.10. The number of rotatable bonds is 2. The minimum atomic E-state index is 0.0491. The quantitative estimate of drug-likeness (QED) is 0.656. The van der Waals surface area contributed by atoms with Crippen molar-refractivity contribution in [1.82, 2.24) is 4.98 Å². The molecule has 0 amide bonds. The molecule has 1 aromatic heterocycles. The number of halogens is 1. The fourth-order valence-corrected chi connectivity index (χ4v) is 2.22. The van der Waals surface area contributed by atoms with Crippen LogP contribution in [0.4, 0.5) is 0 Å². The van der Waals surface area contributed by atoms with Crippen LogP contribution in [0.1, 0.15) is 17.3 Å². The molecule has 4 heteroatoms. The molecule has 0 atom stereocenters. The van der Waals surface area contributed by atoms with Gasteiger partial charge in [-0.3, -0.25) is 4.79 Å². The molecule has 0 bridgehead atoms. The fraction of sp³-hybridized carbons (Fsp3) is 0.0667. The third-order valence-corrected chi connectivity index (χ3v) is 3.38. The van der Waals surface area contributed by atoms with Crippen molar-refractivity contribution >= 4 is 32.8 Å². The molecular formula is C15H10BrNO2. The smallest absolute Gasteiger partial charge is 0.227 e. The molecule has 3 nitrogen and oxygen atoms in total. The number of hydrogen-bond acceptors (Lipinski definition) is 3. The van der Waals surface area contributed by atoms with Crippen molar-refractivity contribution in [1.29, 1.82) is 0 Å². The molecule has 0 spiro atoms. The largest absolute Gasteiger partial charge is 0.436 e. The first-order valence-electron chi connectivity index (χ1n) is 5.81. The van der Waals surface area contributed by atoms with Crippen LogP contribution in [-0.2, 0) is 0 Å². The van der Waals surface area contributed by atoms with Gasteiger partial charge in [0.05, 0.1) is 0 Å². The SMILES string of the molecule is CC(=O)c1ccc(-c2nc3cc(Br)ccc3o2)cc1. The van der Waals surface area contributed by atoms with Gasteiger partial charge in [-0.05, 0) is 37.3 Å². The Hall–Kier alpha value is -1.94. The summed E-state index contributed by atoms with van der Waals surface area (Å²) in [5, 5.41) is 0. The minimum Gasteiger partial charge on any atom is -0.436 e. The van der Waals surface area contributed by atoms with E-state index in [4.69, 9.17) is 4.42 Å². The molecule has 0 N–H and O–H groups in total. The Morgan fingerprint density at radius 1 is 1.16 bits per heavy atom. The number of nitrogens with zero attached hydrogens (tertiary/aromatic N) is 1. The highest BCUT2D eigenvalue weighted by Crippen LogP contribution is 2.26. The number of benzene rings is 2. The molecule has 0 saturated heterocycles. The Balaban J connectivity index is 2.06. The summed E-state index contributed by atoms with van der Waals surface area (Å²) >= 11 is 3.40. The van der Waals surface area contributed by atoms with E-state index in [1.165, 1.54) is 0 Å². The minimum absolute atomic E-state index is 0.0491. The molecular weight excluding hydrogens is 306 g/mol. The maximum atomic E-state index is 11.2. The third kappa shape index (κ3) is 2.31. The van der Waals surface area contributed by atoms with Crippen LogP contribution in [-0.4, -0.2) is 10.8 Å². The molecule has 0 aliphatic heterocycles. The van der Waals surface area contributed by atoms with Crippen molar-refractivity contribution in [3.8, 4) is 11.5 Å². The first kappa shape index (κ1) is 12.1. The van der Waals surface area contributed by atoms with Crippen molar-refractivity contribution < 1.29 is 9.21 Å². The van der Waals surface area contributed by atoms with E-state index in [9.17, 15) is 4.79 Å². The Bertz CT molecular complexity index is 759. The van der Waals surface area contributed by atoms with E-state index in [2.05, 4.69) is 20.9 Å². The van der Waals surface area contributed by atoms with E-state index in [-0.39, 0.29) is 5.78 Å². The normalized spacial score (nSPS) is 10.8. The fourth-order valence-electron chi connectivity index (χ4n) is 1.87. The Morgan fingerprint density at radius 2 is 1.89 bits per heavy atom. The second kappa shape index (κ2) is 4.63. The van der Waals surface area contributed by atoms with Gasteiger partial charge in [-0.2, -0.15) is 0 Å². The van der Waals surface area contributed by atoms with Crippen LogP contribution < -0.4 is 0 Å². The van der Waals surface area contributed by atoms with Gasteiger partial charge in [-0.15, -0.1) is 0 Å². The van der Waals surface area contributed by atoms with Crippen LogP contribution in [0.2, 0.25) is 0 Å². The lowest BCUT2D eigenvalue weighted by molar-refractivity contribution is 0.101. The summed E-state index contributed by atoms with van der Waals surface area (Å²) in [6.45, 7) is 1.55. The second-order valence-electron chi connectivity index (χ2n) is 4.26. The number of hydrogen-bond donors (Lipinski definition) is 0. The lowest BCUT2D eigenvalue weighted by Crippen LogP contribution is -1.90. The third-order valence-electron chi connectivity index (χ3n) is 2.89. The molecule has 0 aliphatic carbocycles. The van der Waals surface area contributed by atoms with E-state index in [0.717, 1.165) is 21.1 Å². The number of carbonyl (C=O) groups is 1. The monoisotopic (exact) mass is 315 g/mol. The first-order chi connectivity index (χ1) is 9.13. The lowest BCUT2D eigenvalue weighted by Gasteiger charge is -1.97.